The van der Waals surface area contributed by atoms with Gasteiger partial charge in [-0.05, 0) is 18.6 Å². The van der Waals surface area contributed by atoms with Gasteiger partial charge in [-0.1, -0.05) is 12.1 Å². The Bertz CT molecular complexity index is 972. The van der Waals surface area contributed by atoms with Crippen LogP contribution >= 0.6 is 0 Å². The molecule has 7 nitrogen and oxygen atoms in total. The Hall–Kier alpha value is -3.17. The van der Waals surface area contributed by atoms with Crippen molar-refractivity contribution in [2.45, 2.75) is 12.6 Å². The standard InChI is InChI=1S/C17H15F3N6O/c18-17(19,20)16-24-13-4-2-1-3-12(13)14(25-16)26-6-5-10(9-26)15(27)23-11-7-21-22-8-11/h1-4,7-8,10H,5-6,9H2,(H,21,22)(H,23,27). The molecule has 0 spiro atoms. The van der Waals surface area contributed by atoms with Gasteiger partial charge in [-0.3, -0.25) is 9.89 Å². The summed E-state index contributed by atoms with van der Waals surface area (Å²) in [6.45, 7) is 0.712. The zero-order valence-corrected chi connectivity index (χ0v) is 14.0. The molecule has 1 unspecified atom stereocenters. The van der Waals surface area contributed by atoms with Crippen molar-refractivity contribution >= 4 is 28.3 Å². The van der Waals surface area contributed by atoms with Gasteiger partial charge in [-0.25, -0.2) is 9.97 Å². The van der Waals surface area contributed by atoms with Crippen LogP contribution in [0.2, 0.25) is 0 Å². The minimum absolute atomic E-state index is 0.200. The molecule has 1 atom stereocenters. The third-order valence-corrected chi connectivity index (χ3v) is 4.46. The molecule has 1 amide bonds. The van der Waals surface area contributed by atoms with E-state index in [2.05, 4.69) is 25.5 Å². The fourth-order valence-electron chi connectivity index (χ4n) is 3.16. The summed E-state index contributed by atoms with van der Waals surface area (Å²) in [4.78, 5) is 21.5. The average Bonchev–Trinajstić information content (AvgIpc) is 3.31. The van der Waals surface area contributed by atoms with Gasteiger partial charge in [0.15, 0.2) is 0 Å². The Kier molecular flexibility index (Phi) is 4.17. The Balaban J connectivity index is 1.62. The molecule has 0 aliphatic carbocycles. The summed E-state index contributed by atoms with van der Waals surface area (Å²) in [5.74, 6) is -1.54. The number of para-hydroxylation sites is 1. The van der Waals surface area contributed by atoms with E-state index in [1.54, 1.807) is 29.3 Å². The van der Waals surface area contributed by atoms with Crippen LogP contribution in [-0.2, 0) is 11.0 Å². The molecule has 1 fully saturated rings. The number of aromatic nitrogens is 4. The molecular formula is C17H15F3N6O. The van der Waals surface area contributed by atoms with Crippen LogP contribution < -0.4 is 10.2 Å². The zero-order valence-electron chi connectivity index (χ0n) is 14.0. The summed E-state index contributed by atoms with van der Waals surface area (Å²) in [6.07, 6.45) is -1.09. The van der Waals surface area contributed by atoms with Crippen molar-refractivity contribution in [3.05, 3.63) is 42.5 Å². The van der Waals surface area contributed by atoms with E-state index in [4.69, 9.17) is 0 Å². The first kappa shape index (κ1) is 17.3. The number of benzene rings is 1. The van der Waals surface area contributed by atoms with Crippen molar-refractivity contribution in [2.24, 2.45) is 5.92 Å². The normalized spacial score (nSPS) is 17.4. The number of carbonyl (C=O) groups is 1. The molecule has 1 aliphatic rings. The molecule has 0 radical (unpaired) electrons. The van der Waals surface area contributed by atoms with Crippen molar-refractivity contribution in [3.8, 4) is 0 Å². The highest BCUT2D eigenvalue weighted by atomic mass is 19.4. The lowest BCUT2D eigenvalue weighted by Crippen LogP contribution is -2.28. The Morgan fingerprint density at radius 3 is 2.81 bits per heavy atom. The molecule has 2 N–H and O–H groups in total. The van der Waals surface area contributed by atoms with Crippen molar-refractivity contribution < 1.29 is 18.0 Å². The van der Waals surface area contributed by atoms with E-state index in [0.29, 0.717) is 24.0 Å². The first-order chi connectivity index (χ1) is 12.9. The highest BCUT2D eigenvalue weighted by molar-refractivity contribution is 5.94. The number of amides is 1. The van der Waals surface area contributed by atoms with Crippen molar-refractivity contribution in [1.82, 2.24) is 20.2 Å². The van der Waals surface area contributed by atoms with Crippen molar-refractivity contribution in [2.75, 3.05) is 23.3 Å². The van der Waals surface area contributed by atoms with Gasteiger partial charge in [0.2, 0.25) is 11.7 Å². The molecule has 27 heavy (non-hydrogen) atoms. The largest absolute Gasteiger partial charge is 0.451 e. The fourth-order valence-corrected chi connectivity index (χ4v) is 3.16. The summed E-state index contributed by atoms with van der Waals surface area (Å²) in [7, 11) is 0. The van der Waals surface area contributed by atoms with Gasteiger partial charge in [-0.2, -0.15) is 18.3 Å². The van der Waals surface area contributed by atoms with Gasteiger partial charge in [0.05, 0.1) is 23.3 Å². The second-order valence-electron chi connectivity index (χ2n) is 6.29. The van der Waals surface area contributed by atoms with Crippen LogP contribution in [0.3, 0.4) is 0 Å². The highest BCUT2D eigenvalue weighted by Crippen LogP contribution is 2.33. The van der Waals surface area contributed by atoms with Gasteiger partial charge in [-0.15, -0.1) is 0 Å². The molecule has 1 aliphatic heterocycles. The van der Waals surface area contributed by atoms with Crippen molar-refractivity contribution in [3.63, 3.8) is 0 Å². The molecule has 1 aromatic carbocycles. The van der Waals surface area contributed by atoms with Crippen LogP contribution in [-0.4, -0.2) is 39.2 Å². The SMILES string of the molecule is O=C(Nc1cn[nH]c1)C1CCN(c2nc(C(F)(F)F)nc3ccccc23)C1. The maximum absolute atomic E-state index is 13.2. The van der Waals surface area contributed by atoms with E-state index in [9.17, 15) is 18.0 Å². The van der Waals surface area contributed by atoms with Crippen LogP contribution in [0, 0.1) is 5.92 Å². The Morgan fingerprint density at radius 2 is 2.07 bits per heavy atom. The smallest absolute Gasteiger partial charge is 0.355 e. The molecule has 10 heteroatoms. The molecule has 0 bridgehead atoms. The number of hydrogen-bond acceptors (Lipinski definition) is 5. The molecular weight excluding hydrogens is 361 g/mol. The third-order valence-electron chi connectivity index (χ3n) is 4.46. The van der Waals surface area contributed by atoms with Gasteiger partial charge in [0.25, 0.3) is 0 Å². The molecule has 3 heterocycles. The van der Waals surface area contributed by atoms with Crippen LogP contribution in [0.1, 0.15) is 12.2 Å². The number of nitrogens with zero attached hydrogens (tertiary/aromatic N) is 4. The van der Waals surface area contributed by atoms with Crippen LogP contribution in [0.4, 0.5) is 24.7 Å². The number of alkyl halides is 3. The predicted octanol–water partition coefficient (Wildman–Crippen LogP) is 2.84. The third kappa shape index (κ3) is 3.42. The summed E-state index contributed by atoms with van der Waals surface area (Å²) < 4.78 is 39.5. The number of aromatic amines is 1. The Morgan fingerprint density at radius 1 is 1.26 bits per heavy atom. The van der Waals surface area contributed by atoms with Crippen LogP contribution in [0.25, 0.3) is 10.9 Å². The minimum atomic E-state index is -4.64. The lowest BCUT2D eigenvalue weighted by molar-refractivity contribution is -0.144. The first-order valence-electron chi connectivity index (χ1n) is 8.30. The molecule has 4 rings (SSSR count). The zero-order chi connectivity index (χ0) is 19.0. The van der Waals surface area contributed by atoms with E-state index in [1.807, 2.05) is 0 Å². The number of H-pyrrole nitrogens is 1. The molecule has 0 saturated carbocycles. The van der Waals surface area contributed by atoms with Crippen molar-refractivity contribution in [1.29, 1.82) is 0 Å². The number of carbonyl (C=O) groups excluding carboxylic acids is 1. The highest BCUT2D eigenvalue weighted by Gasteiger charge is 2.37. The molecule has 1 saturated heterocycles. The number of rotatable bonds is 3. The molecule has 2 aromatic heterocycles. The topological polar surface area (TPSA) is 86.8 Å². The number of anilines is 2. The summed E-state index contributed by atoms with van der Waals surface area (Å²) in [5, 5.41) is 9.63. The lowest BCUT2D eigenvalue weighted by Gasteiger charge is -2.20. The van der Waals surface area contributed by atoms with Gasteiger partial charge in [0, 0.05) is 24.7 Å². The maximum Gasteiger partial charge on any atom is 0.451 e. The fraction of sp³-hybridized carbons (Fsp3) is 0.294. The average molecular weight is 376 g/mol. The lowest BCUT2D eigenvalue weighted by atomic mass is 10.1. The van der Waals surface area contributed by atoms with E-state index in [0.717, 1.165) is 0 Å². The van der Waals surface area contributed by atoms with E-state index < -0.39 is 12.0 Å². The minimum Gasteiger partial charge on any atom is -0.355 e. The summed E-state index contributed by atoms with van der Waals surface area (Å²) in [5.41, 5.74) is 0.770. The number of fused-ring (bicyclic) bond motifs is 1. The number of hydrogen-bond donors (Lipinski definition) is 2. The Labute approximate surface area is 151 Å². The summed E-state index contributed by atoms with van der Waals surface area (Å²) >= 11 is 0. The molecule has 3 aromatic rings. The van der Waals surface area contributed by atoms with Gasteiger partial charge in [0.1, 0.15) is 5.82 Å². The van der Waals surface area contributed by atoms with Gasteiger partial charge < -0.3 is 10.2 Å². The number of nitrogens with one attached hydrogen (secondary N) is 2. The van der Waals surface area contributed by atoms with E-state index in [1.165, 1.54) is 12.3 Å². The number of halogens is 3. The van der Waals surface area contributed by atoms with Crippen LogP contribution in [0.5, 0.6) is 0 Å². The molecule has 140 valence electrons. The quantitative estimate of drug-likeness (QED) is 0.734. The van der Waals surface area contributed by atoms with Crippen LogP contribution in [0.15, 0.2) is 36.7 Å². The maximum atomic E-state index is 13.2. The van der Waals surface area contributed by atoms with E-state index >= 15 is 0 Å². The predicted molar refractivity (Wildman–Crippen MR) is 92.1 cm³/mol. The second kappa shape index (κ2) is 6.53. The monoisotopic (exact) mass is 376 g/mol. The van der Waals surface area contributed by atoms with E-state index in [-0.39, 0.29) is 29.7 Å². The summed E-state index contributed by atoms with van der Waals surface area (Å²) in [6, 6.07) is 6.56. The van der Waals surface area contributed by atoms with Gasteiger partial charge >= 0.3 is 6.18 Å². The first-order valence-corrected chi connectivity index (χ1v) is 8.30. The second-order valence-corrected chi connectivity index (χ2v) is 6.29.